The largest absolute Gasteiger partial charge is 0.233 e. The minimum Gasteiger partial charge on any atom is -0.233 e. The lowest BCUT2D eigenvalue weighted by Crippen LogP contribution is -2.67. The van der Waals surface area contributed by atoms with Crippen LogP contribution in [0.15, 0.2) is 0 Å². The molecule has 2 nitrogen and oxygen atoms in total. The maximum atomic E-state index is 2.53. The van der Waals surface area contributed by atoms with Crippen molar-refractivity contribution in [2.45, 2.75) is 98.8 Å². The molecule has 0 unspecified atom stereocenters. The van der Waals surface area contributed by atoms with Gasteiger partial charge in [-0.25, -0.2) is 10.0 Å². The van der Waals surface area contributed by atoms with Gasteiger partial charge in [-0.2, -0.15) is 0 Å². The Hall–Kier alpha value is -0.0800. The van der Waals surface area contributed by atoms with Crippen molar-refractivity contribution >= 4 is 0 Å². The second kappa shape index (κ2) is 4.89. The highest BCUT2D eigenvalue weighted by atomic mass is 15.7. The van der Waals surface area contributed by atoms with Crippen molar-refractivity contribution in [2.75, 3.05) is 0 Å². The molecule has 0 saturated heterocycles. The summed E-state index contributed by atoms with van der Waals surface area (Å²) in [7, 11) is 0. The predicted molar refractivity (Wildman–Crippen MR) is 78.1 cm³/mol. The van der Waals surface area contributed by atoms with Crippen LogP contribution >= 0.6 is 0 Å². The third kappa shape index (κ3) is 4.59. The zero-order chi connectivity index (χ0) is 14.2. The Morgan fingerprint density at radius 3 is 0.941 bits per heavy atom. The number of rotatable bonds is 2. The van der Waals surface area contributed by atoms with E-state index in [4.69, 9.17) is 0 Å². The number of hydrogen-bond acceptors (Lipinski definition) is 2. The average molecular weight is 242 g/mol. The molecule has 0 aromatic heterocycles. The predicted octanol–water partition coefficient (Wildman–Crippen LogP) is 4.31. The second-order valence-electron chi connectivity index (χ2n) is 8.26. The standard InChI is InChI=1S/C15H34N2/c1-12(2)16(13(3,4)5)17(14(6,7)8)15(9,10)11/h12H,1-11H3. The summed E-state index contributed by atoms with van der Waals surface area (Å²) in [6.07, 6.45) is 0. The maximum Gasteiger partial charge on any atom is 0.0278 e. The first-order valence-electron chi connectivity index (χ1n) is 6.78. The highest BCUT2D eigenvalue weighted by molar-refractivity contribution is 4.90. The van der Waals surface area contributed by atoms with Gasteiger partial charge in [0.05, 0.1) is 0 Å². The molecule has 0 N–H and O–H groups in total. The van der Waals surface area contributed by atoms with E-state index in [-0.39, 0.29) is 16.6 Å². The summed E-state index contributed by atoms with van der Waals surface area (Å²) in [5.41, 5.74) is 0.375. The van der Waals surface area contributed by atoms with Gasteiger partial charge in [-0.1, -0.05) is 0 Å². The number of hydrogen-bond donors (Lipinski definition) is 0. The third-order valence-corrected chi connectivity index (χ3v) is 2.66. The van der Waals surface area contributed by atoms with Gasteiger partial charge in [-0.3, -0.25) is 0 Å². The van der Waals surface area contributed by atoms with E-state index >= 15 is 0 Å². The van der Waals surface area contributed by atoms with Gasteiger partial charge in [-0.15, -0.1) is 0 Å². The Morgan fingerprint density at radius 1 is 0.588 bits per heavy atom. The van der Waals surface area contributed by atoms with Crippen LogP contribution < -0.4 is 0 Å². The second-order valence-corrected chi connectivity index (χ2v) is 8.26. The molecule has 0 rings (SSSR count). The van der Waals surface area contributed by atoms with Crippen molar-refractivity contribution in [2.24, 2.45) is 0 Å². The molecule has 0 atom stereocenters. The van der Waals surface area contributed by atoms with Crippen LogP contribution in [-0.2, 0) is 0 Å². The summed E-state index contributed by atoms with van der Waals surface area (Å²) in [5.74, 6) is 0. The van der Waals surface area contributed by atoms with Crippen LogP contribution in [0.1, 0.15) is 76.2 Å². The van der Waals surface area contributed by atoms with E-state index in [1.807, 2.05) is 0 Å². The van der Waals surface area contributed by atoms with Gasteiger partial charge >= 0.3 is 0 Å². The molecule has 0 bridgehead atoms. The first-order valence-corrected chi connectivity index (χ1v) is 6.78. The molecule has 0 aliphatic carbocycles. The molecule has 104 valence electrons. The lowest BCUT2D eigenvalue weighted by atomic mass is 9.96. The minimum absolute atomic E-state index is 0.121. The normalized spacial score (nSPS) is 15.2. The average Bonchev–Trinajstić information content (AvgIpc) is 1.91. The first kappa shape index (κ1) is 16.9. The zero-order valence-electron chi connectivity index (χ0n) is 14.0. The van der Waals surface area contributed by atoms with Gasteiger partial charge < -0.3 is 0 Å². The molecule has 17 heavy (non-hydrogen) atoms. The fourth-order valence-corrected chi connectivity index (χ4v) is 2.96. The van der Waals surface area contributed by atoms with Crippen LogP contribution in [0.5, 0.6) is 0 Å². The van der Waals surface area contributed by atoms with Crippen molar-refractivity contribution in [3.8, 4) is 0 Å². The van der Waals surface area contributed by atoms with Crippen LogP contribution in [0.4, 0.5) is 0 Å². The number of hydrazine groups is 1. The molecule has 0 aliphatic heterocycles. The fraction of sp³-hybridized carbons (Fsp3) is 1.00. The van der Waals surface area contributed by atoms with Gasteiger partial charge in [0.15, 0.2) is 0 Å². The van der Waals surface area contributed by atoms with Crippen LogP contribution in [0.2, 0.25) is 0 Å². The molecule has 0 spiro atoms. The Balaban J connectivity index is 5.58. The van der Waals surface area contributed by atoms with E-state index in [9.17, 15) is 0 Å². The molecule has 0 radical (unpaired) electrons. The Bertz CT molecular complexity index is 221. The van der Waals surface area contributed by atoms with E-state index in [1.165, 1.54) is 0 Å². The quantitative estimate of drug-likeness (QED) is 0.666. The Kier molecular flexibility index (Phi) is 4.87. The van der Waals surface area contributed by atoms with Crippen molar-refractivity contribution in [3.63, 3.8) is 0 Å². The molecular weight excluding hydrogens is 208 g/mol. The van der Waals surface area contributed by atoms with Crippen molar-refractivity contribution in [3.05, 3.63) is 0 Å². The molecule has 0 aromatic rings. The van der Waals surface area contributed by atoms with Crippen molar-refractivity contribution in [1.82, 2.24) is 10.0 Å². The number of nitrogens with zero attached hydrogens (tertiary/aromatic N) is 2. The van der Waals surface area contributed by atoms with E-state index in [0.29, 0.717) is 6.04 Å². The monoisotopic (exact) mass is 242 g/mol. The van der Waals surface area contributed by atoms with Crippen LogP contribution in [-0.4, -0.2) is 32.7 Å². The van der Waals surface area contributed by atoms with Crippen molar-refractivity contribution in [1.29, 1.82) is 0 Å². The lowest BCUT2D eigenvalue weighted by Gasteiger charge is -2.57. The fourth-order valence-electron chi connectivity index (χ4n) is 2.96. The van der Waals surface area contributed by atoms with E-state index < -0.39 is 0 Å². The van der Waals surface area contributed by atoms with Crippen LogP contribution in [0.3, 0.4) is 0 Å². The van der Waals surface area contributed by atoms with Gasteiger partial charge in [-0.05, 0) is 76.2 Å². The third-order valence-electron chi connectivity index (χ3n) is 2.66. The lowest BCUT2D eigenvalue weighted by molar-refractivity contribution is -0.206. The minimum atomic E-state index is 0.121. The maximum absolute atomic E-state index is 2.53. The molecule has 0 amide bonds. The molecule has 0 heterocycles. The van der Waals surface area contributed by atoms with Gasteiger partial charge in [0.2, 0.25) is 0 Å². The van der Waals surface area contributed by atoms with Gasteiger partial charge in [0.25, 0.3) is 0 Å². The van der Waals surface area contributed by atoms with Crippen LogP contribution in [0.25, 0.3) is 0 Å². The Labute approximate surface area is 109 Å². The van der Waals surface area contributed by atoms with E-state index in [1.54, 1.807) is 0 Å². The van der Waals surface area contributed by atoms with Gasteiger partial charge in [0.1, 0.15) is 0 Å². The molecule has 0 aliphatic rings. The smallest absolute Gasteiger partial charge is 0.0278 e. The molecule has 2 heteroatoms. The molecule has 0 aromatic carbocycles. The summed E-state index contributed by atoms with van der Waals surface area (Å²) >= 11 is 0. The highest BCUT2D eigenvalue weighted by Gasteiger charge is 2.41. The van der Waals surface area contributed by atoms with Crippen molar-refractivity contribution < 1.29 is 0 Å². The van der Waals surface area contributed by atoms with Crippen LogP contribution in [0, 0.1) is 0 Å². The SMILES string of the molecule is CC(C)N(N(C(C)(C)C)C(C)(C)C)C(C)(C)C. The molecular formula is C15H34N2. The van der Waals surface area contributed by atoms with E-state index in [2.05, 4.69) is 86.2 Å². The van der Waals surface area contributed by atoms with E-state index in [0.717, 1.165) is 0 Å². The zero-order valence-corrected chi connectivity index (χ0v) is 14.0. The summed E-state index contributed by atoms with van der Waals surface area (Å²) in [6, 6.07) is 0.494. The highest BCUT2D eigenvalue weighted by Crippen LogP contribution is 2.33. The molecule has 0 fully saturated rings. The first-order chi connectivity index (χ1) is 7.19. The topological polar surface area (TPSA) is 6.48 Å². The Morgan fingerprint density at radius 2 is 0.882 bits per heavy atom. The molecule has 0 saturated carbocycles. The van der Waals surface area contributed by atoms with Gasteiger partial charge in [0, 0.05) is 22.7 Å². The summed E-state index contributed by atoms with van der Waals surface area (Å²) in [5, 5.41) is 5.05. The summed E-state index contributed by atoms with van der Waals surface area (Å²) in [4.78, 5) is 0. The summed E-state index contributed by atoms with van der Waals surface area (Å²) < 4.78 is 0. The summed E-state index contributed by atoms with van der Waals surface area (Å²) in [6.45, 7) is 25.2.